The summed E-state index contributed by atoms with van der Waals surface area (Å²) in [6.45, 7) is 10.8. The lowest BCUT2D eigenvalue weighted by Crippen LogP contribution is -2.48. The van der Waals surface area contributed by atoms with Gasteiger partial charge in [0.15, 0.2) is 0 Å². The third-order valence-corrected chi connectivity index (χ3v) is 8.19. The molecule has 1 amide bonds. The number of hydrogen-bond acceptors (Lipinski definition) is 7. The molecule has 194 valence electrons. The monoisotopic (exact) mass is 539 g/mol. The first kappa shape index (κ1) is 27.0. The molecule has 2 saturated heterocycles. The summed E-state index contributed by atoms with van der Waals surface area (Å²) in [7, 11) is 0. The molecule has 10 heteroatoms. The Kier molecular flexibility index (Phi) is 8.47. The van der Waals surface area contributed by atoms with Crippen LogP contribution in [0.3, 0.4) is 0 Å². The number of hydrogen-bond donors (Lipinski definition) is 0. The Morgan fingerprint density at radius 2 is 1.81 bits per heavy atom. The minimum absolute atomic E-state index is 0.0948. The zero-order valence-electron chi connectivity index (χ0n) is 21.3. The second-order valence-electron chi connectivity index (χ2n) is 9.12. The summed E-state index contributed by atoms with van der Waals surface area (Å²) in [5.41, 5.74) is 1.84. The quantitative estimate of drug-likeness (QED) is 0.387. The van der Waals surface area contributed by atoms with Gasteiger partial charge >= 0.3 is 0 Å². The molecule has 2 fully saturated rings. The zero-order valence-corrected chi connectivity index (χ0v) is 22.9. The number of carbonyl (C=O) groups is 1. The number of likely N-dealkylation sites (N-methyl/N-ethyl adjacent to an activating group) is 1. The van der Waals surface area contributed by atoms with Crippen LogP contribution in [0.15, 0.2) is 34.0 Å². The minimum atomic E-state index is -0.340. The standard InChI is InChI=1S/C27H30FN5O2S2/c1-4-10-32-24(31-13-11-30(5-2)12-14-31)21(18(3)22(16-29)25(32)34)15-23-26(35)33(27(36)37-23)17-19-6-8-20(28)9-7-19/h6-9,15H,4-5,10-14,17H2,1-3H3. The van der Waals surface area contributed by atoms with E-state index in [1.54, 1.807) is 29.7 Å². The topological polar surface area (TPSA) is 72.6 Å². The third-order valence-electron chi connectivity index (χ3n) is 6.82. The van der Waals surface area contributed by atoms with E-state index in [1.165, 1.54) is 28.8 Å². The van der Waals surface area contributed by atoms with Crippen molar-refractivity contribution in [3.63, 3.8) is 0 Å². The van der Waals surface area contributed by atoms with E-state index in [4.69, 9.17) is 12.2 Å². The number of aromatic nitrogens is 1. The van der Waals surface area contributed by atoms with Crippen molar-refractivity contribution in [3.05, 3.63) is 67.6 Å². The minimum Gasteiger partial charge on any atom is -0.355 e. The molecule has 37 heavy (non-hydrogen) atoms. The molecule has 0 radical (unpaired) electrons. The first-order valence-electron chi connectivity index (χ1n) is 12.4. The van der Waals surface area contributed by atoms with Crippen molar-refractivity contribution in [2.24, 2.45) is 0 Å². The van der Waals surface area contributed by atoms with E-state index in [2.05, 4.69) is 22.8 Å². The number of benzene rings is 1. The lowest BCUT2D eigenvalue weighted by molar-refractivity contribution is -0.122. The van der Waals surface area contributed by atoms with Gasteiger partial charge in [-0.05, 0) is 49.2 Å². The van der Waals surface area contributed by atoms with Crippen LogP contribution in [-0.2, 0) is 17.9 Å². The van der Waals surface area contributed by atoms with Crippen LogP contribution in [0.25, 0.3) is 6.08 Å². The van der Waals surface area contributed by atoms with Gasteiger partial charge in [-0.3, -0.25) is 19.1 Å². The third kappa shape index (κ3) is 5.49. The summed E-state index contributed by atoms with van der Waals surface area (Å²) in [4.78, 5) is 33.3. The van der Waals surface area contributed by atoms with E-state index >= 15 is 0 Å². The van der Waals surface area contributed by atoms with Gasteiger partial charge in [0.1, 0.15) is 27.6 Å². The molecule has 0 N–H and O–H groups in total. The molecule has 0 saturated carbocycles. The van der Waals surface area contributed by atoms with Crippen LogP contribution in [-0.4, -0.2) is 57.3 Å². The molecule has 3 heterocycles. The molecule has 1 aromatic carbocycles. The second-order valence-corrected chi connectivity index (χ2v) is 10.8. The fourth-order valence-electron chi connectivity index (χ4n) is 4.73. The Morgan fingerprint density at radius 1 is 1.14 bits per heavy atom. The Morgan fingerprint density at radius 3 is 2.41 bits per heavy atom. The van der Waals surface area contributed by atoms with Crippen molar-refractivity contribution in [2.45, 2.75) is 40.3 Å². The number of piperazine rings is 1. The van der Waals surface area contributed by atoms with E-state index < -0.39 is 0 Å². The molecule has 4 rings (SSSR count). The molecule has 2 aliphatic heterocycles. The highest BCUT2D eigenvalue weighted by atomic mass is 32.2. The number of amides is 1. The number of thioether (sulfide) groups is 1. The van der Waals surface area contributed by atoms with Crippen molar-refractivity contribution >= 4 is 46.1 Å². The number of nitriles is 1. The summed E-state index contributed by atoms with van der Waals surface area (Å²) in [6.07, 6.45) is 2.52. The van der Waals surface area contributed by atoms with E-state index in [9.17, 15) is 19.2 Å². The van der Waals surface area contributed by atoms with Crippen molar-refractivity contribution in [3.8, 4) is 6.07 Å². The average Bonchev–Trinajstić information content (AvgIpc) is 3.16. The van der Waals surface area contributed by atoms with Gasteiger partial charge in [0, 0.05) is 38.3 Å². The molecular weight excluding hydrogens is 509 g/mol. The fraction of sp³-hybridized carbons (Fsp3) is 0.407. The van der Waals surface area contributed by atoms with Crippen molar-refractivity contribution in [1.29, 1.82) is 5.26 Å². The summed E-state index contributed by atoms with van der Waals surface area (Å²) in [6, 6.07) is 8.08. The van der Waals surface area contributed by atoms with Gasteiger partial charge < -0.3 is 9.80 Å². The van der Waals surface area contributed by atoms with E-state index in [1.807, 2.05) is 6.92 Å². The number of thiocarbonyl (C=S) groups is 1. The van der Waals surface area contributed by atoms with Crippen molar-refractivity contribution in [1.82, 2.24) is 14.4 Å². The van der Waals surface area contributed by atoms with Crippen molar-refractivity contribution < 1.29 is 9.18 Å². The SMILES string of the molecule is CCCn1c(N2CCN(CC)CC2)c(C=C2SC(=S)N(Cc3ccc(F)cc3)C2=O)c(C)c(C#N)c1=O. The fourth-order valence-corrected chi connectivity index (χ4v) is 5.97. The van der Waals surface area contributed by atoms with Crippen molar-refractivity contribution in [2.75, 3.05) is 37.6 Å². The van der Waals surface area contributed by atoms with Crippen LogP contribution in [0, 0.1) is 24.1 Å². The number of halogens is 1. The predicted octanol–water partition coefficient (Wildman–Crippen LogP) is 4.12. The van der Waals surface area contributed by atoms with Gasteiger partial charge in [-0.15, -0.1) is 0 Å². The van der Waals surface area contributed by atoms with Crippen LogP contribution < -0.4 is 10.5 Å². The maximum absolute atomic E-state index is 13.4. The Bertz CT molecular complexity index is 1340. The Balaban J connectivity index is 1.79. The molecule has 0 bridgehead atoms. The molecule has 2 aromatic rings. The van der Waals surface area contributed by atoms with Gasteiger partial charge in [0.25, 0.3) is 11.5 Å². The van der Waals surface area contributed by atoms with E-state index in [-0.39, 0.29) is 29.4 Å². The summed E-state index contributed by atoms with van der Waals surface area (Å²) in [5, 5.41) is 9.83. The van der Waals surface area contributed by atoms with Crippen LogP contribution in [0.4, 0.5) is 10.2 Å². The smallest absolute Gasteiger partial charge is 0.270 e. The first-order chi connectivity index (χ1) is 17.8. The van der Waals surface area contributed by atoms with E-state index in [0.717, 1.165) is 50.5 Å². The molecular formula is C27H30FN5O2S2. The van der Waals surface area contributed by atoms with Gasteiger partial charge in [0.05, 0.1) is 11.4 Å². The van der Waals surface area contributed by atoms with Gasteiger partial charge in [0.2, 0.25) is 0 Å². The van der Waals surface area contributed by atoms with Gasteiger partial charge in [-0.2, -0.15) is 5.26 Å². The summed E-state index contributed by atoms with van der Waals surface area (Å²) < 4.78 is 15.4. The predicted molar refractivity (Wildman–Crippen MR) is 150 cm³/mol. The Labute approximate surface area is 226 Å². The highest BCUT2D eigenvalue weighted by molar-refractivity contribution is 8.26. The summed E-state index contributed by atoms with van der Waals surface area (Å²) >= 11 is 6.72. The van der Waals surface area contributed by atoms with E-state index in [0.29, 0.717) is 26.9 Å². The van der Waals surface area contributed by atoms with Gasteiger partial charge in [-0.1, -0.05) is 50.0 Å². The molecule has 7 nitrogen and oxygen atoms in total. The highest BCUT2D eigenvalue weighted by Crippen LogP contribution is 2.36. The number of nitrogens with zero attached hydrogens (tertiary/aromatic N) is 5. The maximum Gasteiger partial charge on any atom is 0.270 e. The van der Waals surface area contributed by atoms with Gasteiger partial charge in [-0.25, -0.2) is 4.39 Å². The molecule has 2 aliphatic rings. The number of anilines is 1. The molecule has 0 atom stereocenters. The number of rotatable bonds is 7. The molecule has 0 spiro atoms. The lowest BCUT2D eigenvalue weighted by Gasteiger charge is -2.37. The van der Waals surface area contributed by atoms with Crippen LogP contribution in [0.2, 0.25) is 0 Å². The van der Waals surface area contributed by atoms with Crippen LogP contribution in [0.5, 0.6) is 0 Å². The normalized spacial score (nSPS) is 17.6. The zero-order chi connectivity index (χ0) is 26.7. The number of pyridine rings is 1. The molecule has 1 aromatic heterocycles. The van der Waals surface area contributed by atoms with Crippen LogP contribution in [0.1, 0.15) is 42.5 Å². The molecule has 0 aliphatic carbocycles. The summed E-state index contributed by atoms with van der Waals surface area (Å²) in [5.74, 6) is 0.169. The maximum atomic E-state index is 13.4. The lowest BCUT2D eigenvalue weighted by atomic mass is 10.0. The average molecular weight is 540 g/mol. The van der Waals surface area contributed by atoms with Crippen LogP contribution >= 0.6 is 24.0 Å². The largest absolute Gasteiger partial charge is 0.355 e. The Hall–Kier alpha value is -3.00. The molecule has 0 unspecified atom stereocenters. The number of carbonyl (C=O) groups excluding carboxylic acids is 1. The first-order valence-corrected chi connectivity index (χ1v) is 13.7. The highest BCUT2D eigenvalue weighted by Gasteiger charge is 2.33. The second kappa shape index (κ2) is 11.6.